The van der Waals surface area contributed by atoms with E-state index in [9.17, 15) is 25.0 Å². The van der Waals surface area contributed by atoms with Crippen LogP contribution < -0.4 is 0 Å². The lowest BCUT2D eigenvalue weighted by atomic mass is 9.61. The molecule has 2 unspecified atom stereocenters. The molecule has 1 aliphatic rings. The van der Waals surface area contributed by atoms with Gasteiger partial charge in [0.25, 0.3) is 0 Å². The van der Waals surface area contributed by atoms with Crippen LogP contribution in [0.1, 0.15) is 34.6 Å². The van der Waals surface area contributed by atoms with Gasteiger partial charge in [-0.15, -0.1) is 0 Å². The average molecular weight is 330 g/mol. The van der Waals surface area contributed by atoms with Crippen LogP contribution in [0, 0.1) is 0 Å². The van der Waals surface area contributed by atoms with E-state index in [1.54, 1.807) is 0 Å². The van der Waals surface area contributed by atoms with Gasteiger partial charge in [0.1, 0.15) is 22.4 Å². The molecule has 5 atom stereocenters. The molecule has 0 radical (unpaired) electrons. The molecule has 6 N–H and O–H groups in total. The predicted octanol–water partition coefficient (Wildman–Crippen LogP) is -1.15. The van der Waals surface area contributed by atoms with Crippen molar-refractivity contribution in [3.8, 4) is 0 Å². The number of aliphatic hydroxyl groups excluding tert-OH is 1. The minimum Gasteiger partial charge on any atom is -0.393 e. The highest BCUT2D eigenvalue weighted by atomic mass is 31.2. The standard InChI is InChI=1S/C11H23O9P/c1-7(6-12)8(2,13)9(3,14)10(4,15)11(5,19-7)20-21(16,17)18/h12-15H,6H2,1-5H3,(H2,16,17,18)/t7?,8-,9-,10?,11-/m1/s1. The summed E-state index contributed by atoms with van der Waals surface area (Å²) in [7, 11) is -5.10. The third kappa shape index (κ3) is 2.46. The molecule has 0 amide bonds. The van der Waals surface area contributed by atoms with Crippen molar-refractivity contribution < 1.29 is 44.0 Å². The van der Waals surface area contributed by atoms with Crippen LogP contribution >= 0.6 is 7.82 Å². The van der Waals surface area contributed by atoms with Crippen molar-refractivity contribution >= 4 is 7.82 Å². The summed E-state index contributed by atoms with van der Waals surface area (Å²) in [5.41, 5.74) is -8.77. The number of aliphatic hydroxyl groups is 4. The zero-order chi connectivity index (χ0) is 17.1. The van der Waals surface area contributed by atoms with Gasteiger partial charge in [0, 0.05) is 0 Å². The van der Waals surface area contributed by atoms with E-state index in [4.69, 9.17) is 14.5 Å². The Balaban J connectivity index is 3.54. The summed E-state index contributed by atoms with van der Waals surface area (Å²) >= 11 is 0. The lowest BCUT2D eigenvalue weighted by Gasteiger charge is -2.64. The van der Waals surface area contributed by atoms with Gasteiger partial charge in [-0.05, 0) is 34.6 Å². The highest BCUT2D eigenvalue weighted by Gasteiger charge is 2.75. The second-order valence-electron chi connectivity index (χ2n) is 6.24. The molecule has 0 spiro atoms. The molecular formula is C11H23O9P. The van der Waals surface area contributed by atoms with Crippen molar-refractivity contribution in [3.63, 3.8) is 0 Å². The molecule has 9 nitrogen and oxygen atoms in total. The first-order valence-electron chi connectivity index (χ1n) is 6.22. The SMILES string of the molecule is CC1(O)[C@@](C)(OP(=O)(O)O)OC(C)(CO)[C@@](C)(O)[C@@]1(C)O. The van der Waals surface area contributed by atoms with Crippen molar-refractivity contribution in [2.45, 2.75) is 62.8 Å². The molecule has 1 saturated heterocycles. The summed E-state index contributed by atoms with van der Waals surface area (Å²) in [5.74, 6) is -2.39. The second kappa shape index (κ2) is 4.70. The van der Waals surface area contributed by atoms with E-state index < -0.39 is 42.6 Å². The number of ether oxygens (including phenoxy) is 1. The molecule has 1 aliphatic heterocycles. The van der Waals surface area contributed by atoms with Gasteiger partial charge in [0.05, 0.1) is 6.61 Å². The second-order valence-corrected chi connectivity index (χ2v) is 7.40. The monoisotopic (exact) mass is 330 g/mol. The lowest BCUT2D eigenvalue weighted by Crippen LogP contribution is -2.84. The Labute approximate surface area is 122 Å². The minimum atomic E-state index is -5.10. The largest absolute Gasteiger partial charge is 0.472 e. The molecule has 0 aromatic rings. The number of hydrogen-bond acceptors (Lipinski definition) is 7. The Bertz CT molecular complexity index is 468. The lowest BCUT2D eigenvalue weighted by molar-refractivity contribution is -0.443. The molecule has 1 heterocycles. The fraction of sp³-hybridized carbons (Fsp3) is 1.00. The van der Waals surface area contributed by atoms with E-state index in [1.807, 2.05) is 0 Å². The fourth-order valence-corrected chi connectivity index (χ4v) is 3.25. The third-order valence-corrected chi connectivity index (χ3v) is 5.41. The highest BCUT2D eigenvalue weighted by molar-refractivity contribution is 7.46. The normalized spacial score (nSPS) is 52.0. The molecular weight excluding hydrogens is 307 g/mol. The van der Waals surface area contributed by atoms with Crippen LogP contribution in [-0.4, -0.2) is 65.0 Å². The summed E-state index contributed by atoms with van der Waals surface area (Å²) in [4.78, 5) is 18.0. The van der Waals surface area contributed by atoms with Crippen LogP contribution in [0.2, 0.25) is 0 Å². The van der Waals surface area contributed by atoms with Crippen LogP contribution in [0.25, 0.3) is 0 Å². The van der Waals surface area contributed by atoms with Crippen molar-refractivity contribution in [2.24, 2.45) is 0 Å². The summed E-state index contributed by atoms with van der Waals surface area (Å²) in [6, 6.07) is 0. The molecule has 0 aromatic heterocycles. The van der Waals surface area contributed by atoms with Crippen LogP contribution in [0.5, 0.6) is 0 Å². The summed E-state index contributed by atoms with van der Waals surface area (Å²) in [5, 5.41) is 41.2. The maximum absolute atomic E-state index is 11.1. The van der Waals surface area contributed by atoms with Crippen molar-refractivity contribution in [3.05, 3.63) is 0 Å². The first kappa shape index (κ1) is 19.0. The van der Waals surface area contributed by atoms with Crippen molar-refractivity contribution in [2.75, 3.05) is 6.61 Å². The van der Waals surface area contributed by atoms with Gasteiger partial charge in [0.2, 0.25) is 5.79 Å². The molecule has 126 valence electrons. The molecule has 21 heavy (non-hydrogen) atoms. The molecule has 1 rings (SSSR count). The van der Waals surface area contributed by atoms with Crippen molar-refractivity contribution in [1.82, 2.24) is 0 Å². The van der Waals surface area contributed by atoms with E-state index in [-0.39, 0.29) is 0 Å². The van der Waals surface area contributed by atoms with E-state index in [0.29, 0.717) is 0 Å². The first-order chi connectivity index (χ1) is 8.97. The van der Waals surface area contributed by atoms with Gasteiger partial charge in [-0.1, -0.05) is 0 Å². The van der Waals surface area contributed by atoms with Gasteiger partial charge in [-0.2, -0.15) is 0 Å². The van der Waals surface area contributed by atoms with Crippen LogP contribution in [0.4, 0.5) is 0 Å². The smallest absolute Gasteiger partial charge is 0.393 e. The molecule has 0 bridgehead atoms. The van der Waals surface area contributed by atoms with E-state index in [2.05, 4.69) is 4.52 Å². The highest BCUT2D eigenvalue weighted by Crippen LogP contribution is 2.57. The maximum atomic E-state index is 11.1. The Morgan fingerprint density at radius 2 is 1.38 bits per heavy atom. The Kier molecular flexibility index (Phi) is 4.25. The quantitative estimate of drug-likeness (QED) is 0.351. The van der Waals surface area contributed by atoms with Crippen LogP contribution in [0.3, 0.4) is 0 Å². The zero-order valence-electron chi connectivity index (χ0n) is 12.6. The average Bonchev–Trinajstić information content (AvgIpc) is 2.23. The van der Waals surface area contributed by atoms with Gasteiger partial charge in [0.15, 0.2) is 0 Å². The molecule has 0 aliphatic carbocycles. The Hall–Kier alpha value is -0.0900. The number of phosphoric acid groups is 1. The van der Waals surface area contributed by atoms with E-state index in [0.717, 1.165) is 27.7 Å². The van der Waals surface area contributed by atoms with E-state index in [1.165, 1.54) is 6.92 Å². The topological polar surface area (TPSA) is 157 Å². The zero-order valence-corrected chi connectivity index (χ0v) is 13.5. The van der Waals surface area contributed by atoms with Gasteiger partial charge >= 0.3 is 7.82 Å². The Morgan fingerprint density at radius 1 is 0.952 bits per heavy atom. The van der Waals surface area contributed by atoms with Crippen molar-refractivity contribution in [1.29, 1.82) is 0 Å². The molecule has 0 saturated carbocycles. The third-order valence-electron chi connectivity index (χ3n) is 4.82. The molecule has 0 aromatic carbocycles. The number of hydrogen-bond donors (Lipinski definition) is 6. The summed E-state index contributed by atoms with van der Waals surface area (Å²) in [6.45, 7) is 4.63. The van der Waals surface area contributed by atoms with Gasteiger partial charge in [-0.3, -0.25) is 4.52 Å². The number of phosphoric ester groups is 1. The van der Waals surface area contributed by atoms with Crippen LogP contribution in [-0.2, 0) is 13.8 Å². The van der Waals surface area contributed by atoms with E-state index >= 15 is 0 Å². The Morgan fingerprint density at radius 3 is 1.71 bits per heavy atom. The summed E-state index contributed by atoms with van der Waals surface area (Å²) in [6.07, 6.45) is 0. The fourth-order valence-electron chi connectivity index (χ4n) is 2.58. The first-order valence-corrected chi connectivity index (χ1v) is 7.75. The molecule has 1 fully saturated rings. The predicted molar refractivity (Wildman–Crippen MR) is 70.0 cm³/mol. The summed E-state index contributed by atoms with van der Waals surface area (Å²) < 4.78 is 21.0. The van der Waals surface area contributed by atoms with Crippen LogP contribution in [0.15, 0.2) is 0 Å². The molecule has 10 heteroatoms. The minimum absolute atomic E-state index is 0.799. The maximum Gasteiger partial charge on any atom is 0.472 e. The van der Waals surface area contributed by atoms with Gasteiger partial charge < -0.3 is 34.9 Å². The van der Waals surface area contributed by atoms with Gasteiger partial charge in [-0.25, -0.2) is 4.57 Å². The number of rotatable bonds is 3.